The van der Waals surface area contributed by atoms with Gasteiger partial charge in [0.25, 0.3) is 0 Å². The van der Waals surface area contributed by atoms with Gasteiger partial charge in [-0.25, -0.2) is 0 Å². The number of hydrogen-bond donors (Lipinski definition) is 1. The molecule has 3 rings (SSSR count). The first-order valence-corrected chi connectivity index (χ1v) is 7.34. The smallest absolute Gasteiger partial charge is 0.305 e. The van der Waals surface area contributed by atoms with Crippen LogP contribution in [0, 0.1) is 0 Å². The molecule has 3 heteroatoms. The average Bonchev–Trinajstić information content (AvgIpc) is 2.92. The summed E-state index contributed by atoms with van der Waals surface area (Å²) in [6.07, 6.45) is 2.15. The summed E-state index contributed by atoms with van der Waals surface area (Å²) >= 11 is 0. The lowest BCUT2D eigenvalue weighted by Crippen LogP contribution is -2.37. The molecule has 0 radical (unpaired) electrons. The van der Waals surface area contributed by atoms with Crippen molar-refractivity contribution in [1.82, 2.24) is 0 Å². The van der Waals surface area contributed by atoms with Gasteiger partial charge in [0.05, 0.1) is 6.42 Å². The highest BCUT2D eigenvalue weighted by atomic mass is 16.4. The molecule has 0 heterocycles. The van der Waals surface area contributed by atoms with Crippen LogP contribution < -0.4 is 4.90 Å². The summed E-state index contributed by atoms with van der Waals surface area (Å²) in [5, 5.41) is 9.00. The lowest BCUT2D eigenvalue weighted by molar-refractivity contribution is -0.136. The molecule has 0 saturated heterocycles. The number of nitrogens with zero attached hydrogens (tertiary/aromatic N) is 1. The van der Waals surface area contributed by atoms with Crippen LogP contribution in [-0.2, 0) is 17.6 Å². The molecule has 21 heavy (non-hydrogen) atoms. The summed E-state index contributed by atoms with van der Waals surface area (Å²) in [7, 11) is 0. The van der Waals surface area contributed by atoms with E-state index in [4.69, 9.17) is 5.11 Å². The number of carboxylic acid groups (broad SMARTS) is 1. The van der Waals surface area contributed by atoms with Gasteiger partial charge in [-0.15, -0.1) is 0 Å². The van der Waals surface area contributed by atoms with Gasteiger partial charge in [-0.05, 0) is 36.1 Å². The van der Waals surface area contributed by atoms with Crippen molar-refractivity contribution in [2.75, 3.05) is 11.4 Å². The Labute approximate surface area is 124 Å². The molecule has 0 spiro atoms. The Bertz CT molecular complexity index is 599. The molecule has 0 bridgehead atoms. The quantitative estimate of drug-likeness (QED) is 0.915. The summed E-state index contributed by atoms with van der Waals surface area (Å²) in [4.78, 5) is 13.2. The summed E-state index contributed by atoms with van der Waals surface area (Å²) in [5.41, 5.74) is 3.88. The van der Waals surface area contributed by atoms with Crippen molar-refractivity contribution in [1.29, 1.82) is 0 Å². The Kier molecular flexibility index (Phi) is 3.91. The van der Waals surface area contributed by atoms with Crippen LogP contribution in [0.25, 0.3) is 0 Å². The van der Waals surface area contributed by atoms with Gasteiger partial charge in [0.1, 0.15) is 0 Å². The van der Waals surface area contributed by atoms with Crippen LogP contribution in [0.1, 0.15) is 17.5 Å². The summed E-state index contributed by atoms with van der Waals surface area (Å²) in [6.45, 7) is 0.554. The third-order valence-electron chi connectivity index (χ3n) is 4.12. The first-order valence-electron chi connectivity index (χ1n) is 7.34. The molecule has 0 aliphatic heterocycles. The fourth-order valence-electron chi connectivity index (χ4n) is 3.11. The third kappa shape index (κ3) is 3.07. The van der Waals surface area contributed by atoms with Crippen LogP contribution >= 0.6 is 0 Å². The number of carbonyl (C=O) groups is 1. The molecule has 0 aromatic heterocycles. The van der Waals surface area contributed by atoms with Crippen LogP contribution in [0.5, 0.6) is 0 Å². The van der Waals surface area contributed by atoms with Gasteiger partial charge in [0.15, 0.2) is 0 Å². The molecule has 1 aliphatic rings. The zero-order valence-electron chi connectivity index (χ0n) is 11.9. The van der Waals surface area contributed by atoms with Crippen LogP contribution in [0.4, 0.5) is 5.69 Å². The fourth-order valence-corrected chi connectivity index (χ4v) is 3.11. The third-order valence-corrected chi connectivity index (χ3v) is 4.12. The van der Waals surface area contributed by atoms with Crippen LogP contribution in [-0.4, -0.2) is 23.7 Å². The zero-order chi connectivity index (χ0) is 14.7. The molecule has 2 aromatic carbocycles. The van der Waals surface area contributed by atoms with E-state index < -0.39 is 5.97 Å². The van der Waals surface area contributed by atoms with E-state index >= 15 is 0 Å². The fraction of sp³-hybridized carbons (Fsp3) is 0.278. The molecular weight excluding hydrogens is 262 g/mol. The van der Waals surface area contributed by atoms with Crippen molar-refractivity contribution in [3.8, 4) is 0 Å². The predicted molar refractivity (Wildman–Crippen MR) is 83.7 cm³/mol. The highest BCUT2D eigenvalue weighted by Gasteiger charge is 2.26. The molecule has 1 aliphatic carbocycles. The minimum atomic E-state index is -0.744. The SMILES string of the molecule is O=C(O)CCN(c1ccccc1)C1Cc2ccccc2C1. The lowest BCUT2D eigenvalue weighted by atomic mass is 10.1. The molecule has 108 valence electrons. The number of benzene rings is 2. The molecule has 0 saturated carbocycles. The van der Waals surface area contributed by atoms with E-state index in [2.05, 4.69) is 41.3 Å². The first-order chi connectivity index (χ1) is 10.2. The number of rotatable bonds is 5. The van der Waals surface area contributed by atoms with Crippen molar-refractivity contribution >= 4 is 11.7 Å². The second-order valence-electron chi connectivity index (χ2n) is 5.50. The molecule has 2 aromatic rings. The van der Waals surface area contributed by atoms with Crippen molar-refractivity contribution in [3.63, 3.8) is 0 Å². The monoisotopic (exact) mass is 281 g/mol. The van der Waals surface area contributed by atoms with Gasteiger partial charge in [-0.1, -0.05) is 42.5 Å². The Morgan fingerprint density at radius 1 is 1.00 bits per heavy atom. The molecule has 3 nitrogen and oxygen atoms in total. The molecule has 0 amide bonds. The Morgan fingerprint density at radius 3 is 2.14 bits per heavy atom. The highest BCUT2D eigenvalue weighted by Crippen LogP contribution is 2.28. The van der Waals surface area contributed by atoms with Crippen molar-refractivity contribution < 1.29 is 9.90 Å². The molecular formula is C18H19NO2. The van der Waals surface area contributed by atoms with Gasteiger partial charge in [0.2, 0.25) is 0 Å². The minimum absolute atomic E-state index is 0.168. The Balaban J connectivity index is 1.82. The summed E-state index contributed by atoms with van der Waals surface area (Å²) < 4.78 is 0. The van der Waals surface area contributed by atoms with Crippen molar-refractivity contribution in [2.24, 2.45) is 0 Å². The van der Waals surface area contributed by atoms with Crippen molar-refractivity contribution in [3.05, 3.63) is 65.7 Å². The topological polar surface area (TPSA) is 40.5 Å². The molecule has 1 N–H and O–H groups in total. The highest BCUT2D eigenvalue weighted by molar-refractivity contribution is 5.68. The van der Waals surface area contributed by atoms with E-state index in [1.54, 1.807) is 0 Å². The van der Waals surface area contributed by atoms with Gasteiger partial charge in [-0.3, -0.25) is 4.79 Å². The normalized spacial score (nSPS) is 13.9. The van der Waals surface area contributed by atoms with Crippen LogP contribution in [0.15, 0.2) is 54.6 Å². The molecule has 0 fully saturated rings. The summed E-state index contributed by atoms with van der Waals surface area (Å²) in [5.74, 6) is -0.744. The zero-order valence-corrected chi connectivity index (χ0v) is 11.9. The number of aliphatic carboxylic acids is 1. The van der Waals surface area contributed by atoms with E-state index in [-0.39, 0.29) is 6.42 Å². The Morgan fingerprint density at radius 2 is 1.57 bits per heavy atom. The first kappa shape index (κ1) is 13.7. The van der Waals surface area contributed by atoms with Crippen molar-refractivity contribution in [2.45, 2.75) is 25.3 Å². The van der Waals surface area contributed by atoms with Gasteiger partial charge in [-0.2, -0.15) is 0 Å². The van der Waals surface area contributed by atoms with E-state index in [9.17, 15) is 4.79 Å². The maximum absolute atomic E-state index is 10.9. The predicted octanol–water partition coefficient (Wildman–Crippen LogP) is 3.14. The maximum atomic E-state index is 10.9. The van der Waals surface area contributed by atoms with Gasteiger partial charge < -0.3 is 10.0 Å². The van der Waals surface area contributed by atoms with E-state index in [0.29, 0.717) is 12.6 Å². The maximum Gasteiger partial charge on any atom is 0.305 e. The van der Waals surface area contributed by atoms with Crippen LogP contribution in [0.3, 0.4) is 0 Å². The van der Waals surface area contributed by atoms with Gasteiger partial charge >= 0.3 is 5.97 Å². The summed E-state index contributed by atoms with van der Waals surface area (Å²) in [6, 6.07) is 19.0. The lowest BCUT2D eigenvalue weighted by Gasteiger charge is -2.30. The largest absolute Gasteiger partial charge is 0.481 e. The number of anilines is 1. The number of fused-ring (bicyclic) bond motifs is 1. The minimum Gasteiger partial charge on any atom is -0.481 e. The van der Waals surface area contributed by atoms with E-state index in [0.717, 1.165) is 18.5 Å². The molecule has 0 unspecified atom stereocenters. The Hall–Kier alpha value is -2.29. The second kappa shape index (κ2) is 6.00. The number of hydrogen-bond acceptors (Lipinski definition) is 2. The second-order valence-corrected chi connectivity index (χ2v) is 5.50. The van der Waals surface area contributed by atoms with E-state index in [1.807, 2.05) is 18.2 Å². The average molecular weight is 281 g/mol. The molecule has 0 atom stereocenters. The van der Waals surface area contributed by atoms with Gasteiger partial charge in [0, 0.05) is 18.3 Å². The van der Waals surface area contributed by atoms with Crippen LogP contribution in [0.2, 0.25) is 0 Å². The number of para-hydroxylation sites is 1. The van der Waals surface area contributed by atoms with E-state index in [1.165, 1.54) is 11.1 Å². The number of carboxylic acids is 1. The standard InChI is InChI=1S/C18H19NO2/c20-18(21)10-11-19(16-8-2-1-3-9-16)17-12-14-6-4-5-7-15(14)13-17/h1-9,17H,10-13H2,(H,20,21).